The molecule has 5 rings (SSSR count). The van der Waals surface area contributed by atoms with E-state index in [0.717, 1.165) is 0 Å². The molecule has 32 heavy (non-hydrogen) atoms. The topological polar surface area (TPSA) is 105 Å². The molecule has 1 fully saturated rings. The van der Waals surface area contributed by atoms with Crippen molar-refractivity contribution in [3.05, 3.63) is 34.7 Å². The van der Waals surface area contributed by atoms with Gasteiger partial charge in [-0.05, 0) is 28.1 Å². The van der Waals surface area contributed by atoms with Gasteiger partial charge >= 0.3 is 6.36 Å². The molecule has 0 unspecified atom stereocenters. The van der Waals surface area contributed by atoms with Gasteiger partial charge < -0.3 is 24.7 Å². The third-order valence-electron chi connectivity index (χ3n) is 4.77. The summed E-state index contributed by atoms with van der Waals surface area (Å²) in [5.41, 5.74) is 1.09. The lowest BCUT2D eigenvalue weighted by Gasteiger charge is -2.27. The second kappa shape index (κ2) is 8.09. The molecule has 0 aliphatic carbocycles. The minimum absolute atomic E-state index is 0.0882. The molecule has 1 saturated heterocycles. The van der Waals surface area contributed by atoms with E-state index in [-0.39, 0.29) is 17.8 Å². The van der Waals surface area contributed by atoms with E-state index in [1.54, 1.807) is 12.3 Å². The first-order chi connectivity index (χ1) is 15.4. The van der Waals surface area contributed by atoms with Crippen molar-refractivity contribution >= 4 is 44.5 Å². The number of imidazole rings is 1. The summed E-state index contributed by atoms with van der Waals surface area (Å²) < 4.78 is 49.7. The van der Waals surface area contributed by atoms with Crippen LogP contribution in [0.15, 0.2) is 28.9 Å². The number of halogens is 4. The van der Waals surface area contributed by atoms with Crippen molar-refractivity contribution < 1.29 is 22.6 Å². The molecule has 0 bridgehead atoms. The molecule has 0 saturated carbocycles. The number of nitrogens with one attached hydrogen (secondary N) is 2. The van der Waals surface area contributed by atoms with Gasteiger partial charge in [-0.1, -0.05) is 6.07 Å². The first-order valence-electron chi connectivity index (χ1n) is 9.58. The maximum absolute atomic E-state index is 12.7. The molecular formula is C18H16BrF3N8O2. The van der Waals surface area contributed by atoms with Gasteiger partial charge in [0.15, 0.2) is 11.4 Å². The number of benzene rings is 1. The van der Waals surface area contributed by atoms with Crippen molar-refractivity contribution in [2.24, 2.45) is 0 Å². The average molecular weight is 513 g/mol. The number of para-hydroxylation sites is 1. The highest BCUT2D eigenvalue weighted by Gasteiger charge is 2.32. The maximum atomic E-state index is 12.7. The number of hydrogen-bond acceptors (Lipinski definition) is 8. The molecule has 1 aromatic carbocycles. The number of alkyl halides is 3. The summed E-state index contributed by atoms with van der Waals surface area (Å²) >= 11 is 3.44. The van der Waals surface area contributed by atoms with Gasteiger partial charge in [0.1, 0.15) is 11.3 Å². The molecule has 1 aliphatic heterocycles. The van der Waals surface area contributed by atoms with Gasteiger partial charge in [0, 0.05) is 13.1 Å². The summed E-state index contributed by atoms with van der Waals surface area (Å²) in [7, 11) is 0. The minimum atomic E-state index is -4.80. The Morgan fingerprint density at radius 1 is 1.19 bits per heavy atom. The van der Waals surface area contributed by atoms with Crippen LogP contribution in [0.2, 0.25) is 0 Å². The van der Waals surface area contributed by atoms with Gasteiger partial charge in [-0.25, -0.2) is 4.98 Å². The summed E-state index contributed by atoms with van der Waals surface area (Å²) in [5.74, 6) is 0.973. The van der Waals surface area contributed by atoms with Crippen LogP contribution in [-0.4, -0.2) is 62.2 Å². The van der Waals surface area contributed by atoms with Gasteiger partial charge in [0.2, 0.25) is 11.9 Å². The lowest BCUT2D eigenvalue weighted by molar-refractivity contribution is -0.274. The highest BCUT2D eigenvalue weighted by atomic mass is 79.9. The third kappa shape index (κ3) is 4.14. The standard InChI is InChI=1S/C18H16BrF3N8O2/c19-10-8-24-30-15(10)27-17(29-4-6-31-7-5-29)28-16(30)23-9-13-25-11-2-1-3-12(14(11)26-13)32-18(20,21)22/h1-3,8H,4-7,9H2,(H,25,26)(H,23,27,28). The van der Waals surface area contributed by atoms with E-state index in [1.165, 1.54) is 16.6 Å². The van der Waals surface area contributed by atoms with Crippen LogP contribution in [0.1, 0.15) is 5.82 Å². The van der Waals surface area contributed by atoms with Crippen molar-refractivity contribution in [2.45, 2.75) is 12.9 Å². The smallest absolute Gasteiger partial charge is 0.403 e. The van der Waals surface area contributed by atoms with Crippen molar-refractivity contribution in [2.75, 3.05) is 36.5 Å². The zero-order chi connectivity index (χ0) is 22.3. The second-order valence-electron chi connectivity index (χ2n) is 6.91. The zero-order valence-corrected chi connectivity index (χ0v) is 17.9. The summed E-state index contributed by atoms with van der Waals surface area (Å²) in [4.78, 5) is 18.4. The monoisotopic (exact) mass is 512 g/mol. The van der Waals surface area contributed by atoms with Crippen molar-refractivity contribution in [1.82, 2.24) is 29.5 Å². The van der Waals surface area contributed by atoms with E-state index in [9.17, 15) is 13.2 Å². The summed E-state index contributed by atoms with van der Waals surface area (Å²) in [6.45, 7) is 2.64. The van der Waals surface area contributed by atoms with Gasteiger partial charge in [0.25, 0.3) is 0 Å². The highest BCUT2D eigenvalue weighted by molar-refractivity contribution is 9.10. The fourth-order valence-corrected chi connectivity index (χ4v) is 3.72. The minimum Gasteiger partial charge on any atom is -0.403 e. The summed E-state index contributed by atoms with van der Waals surface area (Å²) in [6.07, 6.45) is -3.19. The van der Waals surface area contributed by atoms with Crippen LogP contribution < -0.4 is 15.0 Å². The number of hydrogen-bond donors (Lipinski definition) is 2. The molecule has 0 atom stereocenters. The van der Waals surface area contributed by atoms with Crippen molar-refractivity contribution in [3.63, 3.8) is 0 Å². The lowest BCUT2D eigenvalue weighted by atomic mass is 10.3. The third-order valence-corrected chi connectivity index (χ3v) is 5.33. The summed E-state index contributed by atoms with van der Waals surface area (Å²) in [6, 6.07) is 4.31. The first-order valence-corrected chi connectivity index (χ1v) is 10.4. The van der Waals surface area contributed by atoms with Crippen LogP contribution in [0.4, 0.5) is 25.1 Å². The number of H-pyrrole nitrogens is 1. The van der Waals surface area contributed by atoms with E-state index in [0.29, 0.717) is 59.7 Å². The van der Waals surface area contributed by atoms with Gasteiger partial charge in [-0.15, -0.1) is 13.2 Å². The molecule has 0 spiro atoms. The number of morpholine rings is 1. The Morgan fingerprint density at radius 3 is 2.78 bits per heavy atom. The lowest BCUT2D eigenvalue weighted by Crippen LogP contribution is -2.37. The molecule has 0 amide bonds. The number of aromatic amines is 1. The number of aromatic nitrogens is 6. The van der Waals surface area contributed by atoms with Gasteiger partial charge in [-0.3, -0.25) is 0 Å². The van der Waals surface area contributed by atoms with Gasteiger partial charge in [0.05, 0.1) is 35.9 Å². The van der Waals surface area contributed by atoms with E-state index in [1.807, 2.05) is 4.90 Å². The van der Waals surface area contributed by atoms with Crippen molar-refractivity contribution in [1.29, 1.82) is 0 Å². The largest absolute Gasteiger partial charge is 0.573 e. The SMILES string of the molecule is FC(F)(F)Oc1cccc2[nH]c(CNc3nc(N4CCOCC4)nc4c(Br)cnn34)nc12. The second-order valence-corrected chi connectivity index (χ2v) is 7.77. The van der Waals surface area contributed by atoms with E-state index < -0.39 is 6.36 Å². The number of rotatable bonds is 5. The predicted octanol–water partition coefficient (Wildman–Crippen LogP) is 3.11. The number of ether oxygens (including phenoxy) is 2. The Bertz CT molecular complexity index is 1270. The molecule has 14 heteroatoms. The number of nitrogens with zero attached hydrogens (tertiary/aromatic N) is 6. The molecule has 1 aliphatic rings. The highest BCUT2D eigenvalue weighted by Crippen LogP contribution is 2.29. The molecule has 168 valence electrons. The first kappa shape index (κ1) is 20.8. The van der Waals surface area contributed by atoms with E-state index >= 15 is 0 Å². The zero-order valence-electron chi connectivity index (χ0n) is 16.4. The Kier molecular flexibility index (Phi) is 5.25. The van der Waals surface area contributed by atoms with Crippen LogP contribution in [0.25, 0.3) is 16.7 Å². The van der Waals surface area contributed by atoms with Crippen LogP contribution in [0.3, 0.4) is 0 Å². The number of anilines is 2. The quantitative estimate of drug-likeness (QED) is 0.420. The molecular weight excluding hydrogens is 497 g/mol. The Hall–Kier alpha value is -3.13. The Balaban J connectivity index is 1.43. The molecule has 10 nitrogen and oxygen atoms in total. The van der Waals surface area contributed by atoms with E-state index in [4.69, 9.17) is 4.74 Å². The molecule has 2 N–H and O–H groups in total. The van der Waals surface area contributed by atoms with Crippen LogP contribution in [-0.2, 0) is 11.3 Å². The Labute approximate surface area is 186 Å². The molecule has 0 radical (unpaired) electrons. The van der Waals surface area contributed by atoms with Crippen molar-refractivity contribution in [3.8, 4) is 5.75 Å². The van der Waals surface area contributed by atoms with Crippen LogP contribution in [0.5, 0.6) is 5.75 Å². The average Bonchev–Trinajstić information content (AvgIpc) is 3.36. The Morgan fingerprint density at radius 2 is 2.00 bits per heavy atom. The molecule has 4 aromatic rings. The fraction of sp³-hybridized carbons (Fsp3) is 0.333. The molecule has 3 aromatic heterocycles. The summed E-state index contributed by atoms with van der Waals surface area (Å²) in [5, 5.41) is 7.42. The maximum Gasteiger partial charge on any atom is 0.573 e. The van der Waals surface area contributed by atoms with Gasteiger partial charge in [-0.2, -0.15) is 19.6 Å². The fourth-order valence-electron chi connectivity index (χ4n) is 3.37. The van der Waals surface area contributed by atoms with Crippen LogP contribution in [0, 0.1) is 0 Å². The van der Waals surface area contributed by atoms with E-state index in [2.05, 4.69) is 51.0 Å². The normalized spacial score (nSPS) is 14.9. The number of fused-ring (bicyclic) bond motifs is 2. The van der Waals surface area contributed by atoms with Crippen LogP contribution >= 0.6 is 15.9 Å². The predicted molar refractivity (Wildman–Crippen MR) is 112 cm³/mol. The molecule has 4 heterocycles.